The molecule has 0 spiro atoms. The van der Waals surface area contributed by atoms with Crippen LogP contribution in [0.5, 0.6) is 0 Å². The van der Waals surface area contributed by atoms with E-state index in [4.69, 9.17) is 29.7 Å². The third-order valence-electron chi connectivity index (χ3n) is 1.67. The molecule has 2 unspecified atom stereocenters. The molecule has 0 rings (SSSR count). The van der Waals surface area contributed by atoms with Crippen molar-refractivity contribution < 1.29 is 34.6 Å². The van der Waals surface area contributed by atoms with Crippen LogP contribution in [-0.4, -0.2) is 67.5 Å². The Kier molecular flexibility index (Phi) is 11.6. The van der Waals surface area contributed by atoms with E-state index in [0.29, 0.717) is 6.61 Å². The molecule has 0 aliphatic carbocycles. The molecule has 3 N–H and O–H groups in total. The predicted molar refractivity (Wildman–Crippen MR) is 58.4 cm³/mol. The summed E-state index contributed by atoms with van der Waals surface area (Å²) in [5.41, 5.74) is 0. The van der Waals surface area contributed by atoms with Gasteiger partial charge in [0.25, 0.3) is 0 Å². The molecule has 0 aromatic rings. The van der Waals surface area contributed by atoms with Crippen molar-refractivity contribution in [3.05, 3.63) is 12.7 Å². The summed E-state index contributed by atoms with van der Waals surface area (Å²) in [5.74, 6) is 0. The Bertz CT molecular complexity index is 176. The van der Waals surface area contributed by atoms with Crippen molar-refractivity contribution in [2.75, 3.05) is 39.6 Å². The fraction of sp³-hybridized carbons (Fsp3) is 0.800. The topological polar surface area (TPSA) is 97.6 Å². The normalized spacial score (nSPS) is 14.5. The van der Waals surface area contributed by atoms with Crippen LogP contribution in [0.4, 0.5) is 0 Å². The van der Waals surface area contributed by atoms with Gasteiger partial charge >= 0.3 is 0 Å². The highest BCUT2D eigenvalue weighted by molar-refractivity contribution is 4.65. The van der Waals surface area contributed by atoms with Crippen molar-refractivity contribution in [3.63, 3.8) is 0 Å². The van der Waals surface area contributed by atoms with E-state index in [2.05, 4.69) is 11.5 Å². The Morgan fingerprint density at radius 3 is 2.47 bits per heavy atom. The maximum absolute atomic E-state index is 8.91. The van der Waals surface area contributed by atoms with Crippen LogP contribution in [0, 0.1) is 0 Å². The minimum Gasteiger partial charge on any atom is -0.394 e. The molecule has 0 radical (unpaired) electrons. The number of hydrogen-bond acceptors (Lipinski definition) is 7. The fourth-order valence-electron chi connectivity index (χ4n) is 0.955. The van der Waals surface area contributed by atoms with E-state index in [0.717, 1.165) is 0 Å². The predicted octanol–water partition coefficient (Wildman–Crippen LogP) is -0.609. The Morgan fingerprint density at radius 1 is 1.18 bits per heavy atom. The van der Waals surface area contributed by atoms with Gasteiger partial charge < -0.3 is 24.4 Å². The molecule has 0 heterocycles. The van der Waals surface area contributed by atoms with Gasteiger partial charge in [0.05, 0.1) is 33.0 Å². The summed E-state index contributed by atoms with van der Waals surface area (Å²) in [7, 11) is 0. The average Bonchev–Trinajstić information content (AvgIpc) is 2.35. The highest BCUT2D eigenvalue weighted by atomic mass is 17.1. The lowest BCUT2D eigenvalue weighted by Crippen LogP contribution is -2.30. The van der Waals surface area contributed by atoms with Gasteiger partial charge in [-0.3, -0.25) is 0 Å². The second kappa shape index (κ2) is 11.9. The van der Waals surface area contributed by atoms with Gasteiger partial charge in [0.15, 0.2) is 0 Å². The Morgan fingerprint density at radius 2 is 1.88 bits per heavy atom. The summed E-state index contributed by atoms with van der Waals surface area (Å²) in [6.07, 6.45) is -0.238. The Hall–Kier alpha value is -0.540. The quantitative estimate of drug-likeness (QED) is 0.140. The van der Waals surface area contributed by atoms with Crippen LogP contribution in [0.1, 0.15) is 0 Å². The van der Waals surface area contributed by atoms with Crippen LogP contribution < -0.4 is 0 Å². The van der Waals surface area contributed by atoms with Crippen LogP contribution in [-0.2, 0) is 19.1 Å². The van der Waals surface area contributed by atoms with Crippen LogP contribution in [0.3, 0.4) is 0 Å². The van der Waals surface area contributed by atoms with Crippen LogP contribution in [0.15, 0.2) is 12.7 Å². The van der Waals surface area contributed by atoms with Crippen LogP contribution in [0.25, 0.3) is 0 Å². The second-order valence-corrected chi connectivity index (χ2v) is 3.14. The zero-order valence-corrected chi connectivity index (χ0v) is 9.66. The molecule has 0 saturated carbocycles. The summed E-state index contributed by atoms with van der Waals surface area (Å²) in [6, 6.07) is 0. The standard InChI is InChI=1S/C10H20O7/c1-2-4-14-6-9(7-15-5-3-11)16-8-10(12)17-13/h2,9-13H,1,3-8H2. The van der Waals surface area contributed by atoms with E-state index in [-0.39, 0.29) is 33.0 Å². The first-order valence-electron chi connectivity index (χ1n) is 5.21. The molecular weight excluding hydrogens is 232 g/mol. The van der Waals surface area contributed by atoms with Gasteiger partial charge in [-0.25, -0.2) is 10.1 Å². The third kappa shape index (κ3) is 10.3. The SMILES string of the molecule is C=CCOCC(COCCO)OCC(O)OO. The molecule has 2 atom stereocenters. The molecule has 0 aromatic heterocycles. The van der Waals surface area contributed by atoms with Gasteiger partial charge in [0.2, 0.25) is 6.29 Å². The summed E-state index contributed by atoms with van der Waals surface area (Å²) in [5, 5.41) is 25.6. The summed E-state index contributed by atoms with van der Waals surface area (Å²) in [6.45, 7) is 4.23. The average molecular weight is 252 g/mol. The van der Waals surface area contributed by atoms with Crippen LogP contribution >= 0.6 is 0 Å². The maximum Gasteiger partial charge on any atom is 0.212 e. The smallest absolute Gasteiger partial charge is 0.212 e. The first-order chi connectivity index (χ1) is 8.24. The zero-order valence-electron chi connectivity index (χ0n) is 9.66. The highest BCUT2D eigenvalue weighted by Crippen LogP contribution is 1.98. The monoisotopic (exact) mass is 252 g/mol. The van der Waals surface area contributed by atoms with E-state index in [9.17, 15) is 0 Å². The molecule has 0 aromatic carbocycles. The van der Waals surface area contributed by atoms with Crippen molar-refractivity contribution in [1.82, 2.24) is 0 Å². The largest absolute Gasteiger partial charge is 0.394 e. The van der Waals surface area contributed by atoms with E-state index >= 15 is 0 Å². The van der Waals surface area contributed by atoms with Crippen molar-refractivity contribution in [3.8, 4) is 0 Å². The number of ether oxygens (including phenoxy) is 3. The molecule has 7 heteroatoms. The van der Waals surface area contributed by atoms with Gasteiger partial charge in [0, 0.05) is 0 Å². The zero-order chi connectivity index (χ0) is 12.9. The molecular formula is C10H20O7. The summed E-state index contributed by atoms with van der Waals surface area (Å²) < 4.78 is 15.4. The molecule has 0 aliphatic heterocycles. The van der Waals surface area contributed by atoms with Crippen LogP contribution in [0.2, 0.25) is 0 Å². The van der Waals surface area contributed by atoms with Gasteiger partial charge in [-0.1, -0.05) is 6.08 Å². The van der Waals surface area contributed by atoms with E-state index in [1.54, 1.807) is 6.08 Å². The lowest BCUT2D eigenvalue weighted by Gasteiger charge is -2.18. The number of aliphatic hydroxyl groups is 2. The van der Waals surface area contributed by atoms with Crippen molar-refractivity contribution >= 4 is 0 Å². The Labute approximate surface area is 100 Å². The minimum atomic E-state index is -1.41. The minimum absolute atomic E-state index is 0.0807. The first-order valence-corrected chi connectivity index (χ1v) is 5.21. The van der Waals surface area contributed by atoms with Gasteiger partial charge in [0.1, 0.15) is 12.7 Å². The first kappa shape index (κ1) is 16.5. The Balaban J connectivity index is 3.78. The molecule has 0 aliphatic rings. The molecule has 7 nitrogen and oxygen atoms in total. The lowest BCUT2D eigenvalue weighted by atomic mass is 10.4. The second-order valence-electron chi connectivity index (χ2n) is 3.14. The number of rotatable bonds is 12. The number of hydrogen-bond donors (Lipinski definition) is 3. The lowest BCUT2D eigenvalue weighted by molar-refractivity contribution is -0.345. The third-order valence-corrected chi connectivity index (χ3v) is 1.67. The highest BCUT2D eigenvalue weighted by Gasteiger charge is 2.13. The van der Waals surface area contributed by atoms with Crippen molar-refractivity contribution in [2.45, 2.75) is 12.4 Å². The molecule has 0 amide bonds. The summed E-state index contributed by atoms with van der Waals surface area (Å²) >= 11 is 0. The molecule has 17 heavy (non-hydrogen) atoms. The van der Waals surface area contributed by atoms with Crippen molar-refractivity contribution in [1.29, 1.82) is 0 Å². The molecule has 102 valence electrons. The molecule has 0 bridgehead atoms. The van der Waals surface area contributed by atoms with Crippen molar-refractivity contribution in [2.24, 2.45) is 0 Å². The van der Waals surface area contributed by atoms with Gasteiger partial charge in [-0.2, -0.15) is 0 Å². The van der Waals surface area contributed by atoms with Gasteiger partial charge in [-0.05, 0) is 0 Å². The van der Waals surface area contributed by atoms with E-state index < -0.39 is 12.4 Å². The molecule has 0 fully saturated rings. The van der Waals surface area contributed by atoms with E-state index in [1.165, 1.54) is 0 Å². The van der Waals surface area contributed by atoms with E-state index in [1.807, 2.05) is 0 Å². The summed E-state index contributed by atoms with van der Waals surface area (Å²) in [4.78, 5) is 3.64. The maximum atomic E-state index is 8.91. The number of aliphatic hydroxyl groups excluding tert-OH is 2. The molecule has 0 saturated heterocycles. The fourth-order valence-corrected chi connectivity index (χ4v) is 0.955. The van der Waals surface area contributed by atoms with Gasteiger partial charge in [-0.15, -0.1) is 6.58 Å².